The molecule has 1 aliphatic carbocycles. The fourth-order valence-electron chi connectivity index (χ4n) is 3.89. The van der Waals surface area contributed by atoms with Crippen LogP contribution in [0.3, 0.4) is 0 Å². The molecular formula is C22H32N4O3. The van der Waals surface area contributed by atoms with E-state index in [1.54, 1.807) is 0 Å². The molecule has 1 aromatic carbocycles. The normalized spacial score (nSPS) is 17.4. The summed E-state index contributed by atoms with van der Waals surface area (Å²) in [5, 5.41) is 3.01. The maximum absolute atomic E-state index is 12.6. The number of anilines is 1. The van der Waals surface area contributed by atoms with E-state index in [1.165, 1.54) is 0 Å². The number of primary amides is 1. The second kappa shape index (κ2) is 9.39. The highest BCUT2D eigenvalue weighted by Gasteiger charge is 2.31. The number of benzene rings is 1. The average molecular weight is 401 g/mol. The Balaban J connectivity index is 1.48. The minimum Gasteiger partial charge on any atom is -0.369 e. The van der Waals surface area contributed by atoms with Gasteiger partial charge >= 0.3 is 0 Å². The summed E-state index contributed by atoms with van der Waals surface area (Å²) in [6.07, 6.45) is 3.84. The molecule has 1 saturated heterocycles. The third-order valence-electron chi connectivity index (χ3n) is 5.94. The number of nitrogens with zero attached hydrogens (tertiary/aromatic N) is 2. The summed E-state index contributed by atoms with van der Waals surface area (Å²) in [5.74, 6) is -0.337. The zero-order valence-electron chi connectivity index (χ0n) is 17.4. The summed E-state index contributed by atoms with van der Waals surface area (Å²) in [7, 11) is 0. The van der Waals surface area contributed by atoms with Gasteiger partial charge in [-0.3, -0.25) is 19.3 Å². The Morgan fingerprint density at radius 1 is 1.14 bits per heavy atom. The average Bonchev–Trinajstić information content (AvgIpc) is 3.53. The van der Waals surface area contributed by atoms with E-state index in [0.29, 0.717) is 51.5 Å². The van der Waals surface area contributed by atoms with Crippen molar-refractivity contribution in [3.63, 3.8) is 0 Å². The van der Waals surface area contributed by atoms with Gasteiger partial charge in [-0.2, -0.15) is 0 Å². The first-order chi connectivity index (χ1) is 13.8. The van der Waals surface area contributed by atoms with E-state index in [9.17, 15) is 14.4 Å². The van der Waals surface area contributed by atoms with Crippen molar-refractivity contribution < 1.29 is 14.4 Å². The number of piperidine rings is 1. The highest BCUT2D eigenvalue weighted by molar-refractivity contribution is 5.93. The van der Waals surface area contributed by atoms with E-state index >= 15 is 0 Å². The van der Waals surface area contributed by atoms with Crippen LogP contribution in [0.5, 0.6) is 0 Å². The molecule has 0 radical (unpaired) electrons. The number of amides is 3. The lowest BCUT2D eigenvalue weighted by atomic mass is 9.96. The molecule has 0 unspecified atom stereocenters. The van der Waals surface area contributed by atoms with Crippen LogP contribution >= 0.6 is 0 Å². The quantitative estimate of drug-likeness (QED) is 0.696. The van der Waals surface area contributed by atoms with Gasteiger partial charge in [0.1, 0.15) is 0 Å². The van der Waals surface area contributed by atoms with Gasteiger partial charge in [0.05, 0.1) is 6.54 Å². The third kappa shape index (κ3) is 6.03. The second-order valence-corrected chi connectivity index (χ2v) is 8.38. The molecule has 0 bridgehead atoms. The molecule has 0 atom stereocenters. The van der Waals surface area contributed by atoms with Gasteiger partial charge in [0.2, 0.25) is 17.7 Å². The fraction of sp³-hybridized carbons (Fsp3) is 0.591. The van der Waals surface area contributed by atoms with Crippen LogP contribution in [0.2, 0.25) is 0 Å². The Labute approximate surface area is 172 Å². The van der Waals surface area contributed by atoms with Gasteiger partial charge in [0.15, 0.2) is 0 Å². The van der Waals surface area contributed by atoms with Gasteiger partial charge < -0.3 is 16.0 Å². The largest absolute Gasteiger partial charge is 0.369 e. The van der Waals surface area contributed by atoms with E-state index < -0.39 is 0 Å². The third-order valence-corrected chi connectivity index (χ3v) is 5.94. The summed E-state index contributed by atoms with van der Waals surface area (Å²) in [4.78, 5) is 40.4. The van der Waals surface area contributed by atoms with Crippen LogP contribution in [0.25, 0.3) is 0 Å². The Hall–Kier alpha value is -2.41. The van der Waals surface area contributed by atoms with Crippen molar-refractivity contribution in [2.75, 3.05) is 31.5 Å². The van der Waals surface area contributed by atoms with Crippen LogP contribution < -0.4 is 11.1 Å². The number of carbonyl (C=O) groups excluding carboxylic acids is 3. The predicted molar refractivity (Wildman–Crippen MR) is 112 cm³/mol. The highest BCUT2D eigenvalue weighted by atomic mass is 16.2. The predicted octanol–water partition coefficient (Wildman–Crippen LogP) is 1.82. The Morgan fingerprint density at radius 2 is 1.83 bits per heavy atom. The van der Waals surface area contributed by atoms with E-state index in [2.05, 4.69) is 10.2 Å². The standard InChI is InChI=1S/C22H32N4O3/c1-15-3-4-16(2)19(13-15)24-20(27)14-26(18-5-6-18)12-9-21(28)25-10-7-17(8-11-25)22(23)29/h3-4,13,17-18H,5-12,14H2,1-2H3,(H2,23,29)(H,24,27). The van der Waals surface area contributed by atoms with E-state index in [4.69, 9.17) is 5.73 Å². The molecule has 1 aliphatic heterocycles. The molecule has 1 heterocycles. The zero-order valence-corrected chi connectivity index (χ0v) is 17.4. The molecule has 3 N–H and O–H groups in total. The summed E-state index contributed by atoms with van der Waals surface area (Å²) in [6, 6.07) is 6.41. The summed E-state index contributed by atoms with van der Waals surface area (Å²) >= 11 is 0. The van der Waals surface area contributed by atoms with Gasteiger partial charge in [-0.05, 0) is 56.7 Å². The molecule has 0 aromatic heterocycles. The van der Waals surface area contributed by atoms with Gasteiger partial charge in [-0.15, -0.1) is 0 Å². The first-order valence-corrected chi connectivity index (χ1v) is 10.5. The number of likely N-dealkylation sites (tertiary alicyclic amines) is 1. The number of aryl methyl sites for hydroxylation is 2. The number of nitrogens with one attached hydrogen (secondary N) is 1. The second-order valence-electron chi connectivity index (χ2n) is 8.38. The monoisotopic (exact) mass is 400 g/mol. The van der Waals surface area contributed by atoms with E-state index in [1.807, 2.05) is 36.9 Å². The van der Waals surface area contributed by atoms with Crippen molar-refractivity contribution in [3.05, 3.63) is 29.3 Å². The van der Waals surface area contributed by atoms with Crippen molar-refractivity contribution >= 4 is 23.4 Å². The maximum atomic E-state index is 12.6. The lowest BCUT2D eigenvalue weighted by Crippen LogP contribution is -2.43. The topological polar surface area (TPSA) is 95.7 Å². The summed E-state index contributed by atoms with van der Waals surface area (Å²) in [5.41, 5.74) is 8.35. The minimum absolute atomic E-state index is 0.0414. The van der Waals surface area contributed by atoms with Crippen LogP contribution in [0, 0.1) is 19.8 Å². The van der Waals surface area contributed by atoms with Gasteiger partial charge in [-0.1, -0.05) is 12.1 Å². The number of carbonyl (C=O) groups is 3. The van der Waals surface area contributed by atoms with Crippen LogP contribution in [-0.2, 0) is 14.4 Å². The maximum Gasteiger partial charge on any atom is 0.238 e. The molecule has 0 spiro atoms. The van der Waals surface area contributed by atoms with Crippen molar-refractivity contribution in [1.29, 1.82) is 0 Å². The molecule has 7 heteroatoms. The van der Waals surface area contributed by atoms with E-state index in [-0.39, 0.29) is 23.6 Å². The fourth-order valence-corrected chi connectivity index (χ4v) is 3.89. The molecule has 3 amide bonds. The smallest absolute Gasteiger partial charge is 0.238 e. The molecule has 7 nitrogen and oxygen atoms in total. The van der Waals surface area contributed by atoms with Crippen LogP contribution in [-0.4, -0.2) is 59.7 Å². The summed E-state index contributed by atoms with van der Waals surface area (Å²) < 4.78 is 0. The minimum atomic E-state index is -0.271. The molecule has 3 rings (SSSR count). The van der Waals surface area contributed by atoms with E-state index in [0.717, 1.165) is 29.7 Å². The Bertz CT molecular complexity index is 767. The number of rotatable bonds is 8. The number of hydrogen-bond acceptors (Lipinski definition) is 4. The highest BCUT2D eigenvalue weighted by Crippen LogP contribution is 2.27. The summed E-state index contributed by atoms with van der Waals surface area (Å²) in [6.45, 7) is 6.04. The number of hydrogen-bond donors (Lipinski definition) is 2. The molecule has 1 saturated carbocycles. The SMILES string of the molecule is Cc1ccc(C)c(NC(=O)CN(CCC(=O)N2CCC(C(N)=O)CC2)C2CC2)c1. The molecule has 29 heavy (non-hydrogen) atoms. The zero-order chi connectivity index (χ0) is 21.0. The van der Waals surface area contributed by atoms with Crippen LogP contribution in [0.4, 0.5) is 5.69 Å². The van der Waals surface area contributed by atoms with Gasteiger partial charge in [-0.25, -0.2) is 0 Å². The molecule has 2 aliphatic rings. The molecule has 158 valence electrons. The first-order valence-electron chi connectivity index (χ1n) is 10.5. The Kier molecular flexibility index (Phi) is 6.90. The van der Waals surface area contributed by atoms with Crippen molar-refractivity contribution in [2.24, 2.45) is 11.7 Å². The molecule has 1 aromatic rings. The van der Waals surface area contributed by atoms with Gasteiger partial charge in [0, 0.05) is 43.7 Å². The number of nitrogens with two attached hydrogens (primary N) is 1. The van der Waals surface area contributed by atoms with Crippen LogP contribution in [0.15, 0.2) is 18.2 Å². The first kappa shape index (κ1) is 21.3. The lowest BCUT2D eigenvalue weighted by Gasteiger charge is -2.31. The van der Waals surface area contributed by atoms with Crippen molar-refractivity contribution in [1.82, 2.24) is 9.80 Å². The Morgan fingerprint density at radius 3 is 2.45 bits per heavy atom. The van der Waals surface area contributed by atoms with Crippen LogP contribution in [0.1, 0.15) is 43.2 Å². The van der Waals surface area contributed by atoms with Crippen molar-refractivity contribution in [3.8, 4) is 0 Å². The molecule has 2 fully saturated rings. The van der Waals surface area contributed by atoms with Gasteiger partial charge in [0.25, 0.3) is 0 Å². The van der Waals surface area contributed by atoms with Crippen molar-refractivity contribution in [2.45, 2.75) is 52.0 Å². The molecular weight excluding hydrogens is 368 g/mol. The lowest BCUT2D eigenvalue weighted by molar-refractivity contribution is -0.135.